The first kappa shape index (κ1) is 12.7. The highest BCUT2D eigenvalue weighted by Crippen LogP contribution is 2.45. The fourth-order valence-corrected chi connectivity index (χ4v) is 3.30. The Morgan fingerprint density at radius 3 is 2.53 bits per heavy atom. The highest BCUT2D eigenvalue weighted by molar-refractivity contribution is 5.78. The summed E-state index contributed by atoms with van der Waals surface area (Å²) in [7, 11) is 0. The van der Waals surface area contributed by atoms with Crippen LogP contribution in [-0.2, 0) is 4.79 Å². The zero-order valence-electron chi connectivity index (χ0n) is 11.5. The molecule has 19 heavy (non-hydrogen) atoms. The molecular weight excluding hydrogens is 236 g/mol. The Balaban J connectivity index is 2.00. The van der Waals surface area contributed by atoms with Crippen molar-refractivity contribution in [1.29, 1.82) is 0 Å². The second-order valence-electron chi connectivity index (χ2n) is 5.73. The number of nitrogens with zero attached hydrogens (tertiary/aromatic N) is 1. The lowest BCUT2D eigenvalue weighted by molar-refractivity contribution is -0.137. The molecule has 1 aliphatic heterocycles. The molecule has 2 atom stereocenters. The SMILES string of the molecule is CCN1C(=O)CCC(N)C1c1ccccc1C1CC1. The molecule has 2 N–H and O–H groups in total. The molecule has 2 unspecified atom stereocenters. The fraction of sp³-hybridized carbons (Fsp3) is 0.562. The molecule has 0 bridgehead atoms. The third-order valence-corrected chi connectivity index (χ3v) is 4.43. The average molecular weight is 258 g/mol. The topological polar surface area (TPSA) is 46.3 Å². The van der Waals surface area contributed by atoms with E-state index in [0.717, 1.165) is 13.0 Å². The molecule has 0 aromatic heterocycles. The van der Waals surface area contributed by atoms with Crippen molar-refractivity contribution in [3.63, 3.8) is 0 Å². The Morgan fingerprint density at radius 2 is 1.89 bits per heavy atom. The molecule has 0 radical (unpaired) electrons. The lowest BCUT2D eigenvalue weighted by Gasteiger charge is -2.40. The third kappa shape index (κ3) is 2.27. The summed E-state index contributed by atoms with van der Waals surface area (Å²) in [6.07, 6.45) is 3.95. The quantitative estimate of drug-likeness (QED) is 0.905. The average Bonchev–Trinajstić information content (AvgIpc) is 3.25. The van der Waals surface area contributed by atoms with Gasteiger partial charge in [0.05, 0.1) is 6.04 Å². The Labute approximate surface area is 114 Å². The number of rotatable bonds is 3. The van der Waals surface area contributed by atoms with Gasteiger partial charge in [0.1, 0.15) is 0 Å². The predicted octanol–water partition coefficient (Wildman–Crippen LogP) is 2.57. The van der Waals surface area contributed by atoms with Crippen LogP contribution in [0, 0.1) is 0 Å². The van der Waals surface area contributed by atoms with Crippen molar-refractivity contribution in [2.75, 3.05) is 6.54 Å². The van der Waals surface area contributed by atoms with Gasteiger partial charge in [0.2, 0.25) is 5.91 Å². The van der Waals surface area contributed by atoms with Crippen LogP contribution in [0.25, 0.3) is 0 Å². The third-order valence-electron chi connectivity index (χ3n) is 4.43. The summed E-state index contributed by atoms with van der Waals surface area (Å²) in [5.74, 6) is 0.943. The summed E-state index contributed by atoms with van der Waals surface area (Å²) in [6, 6.07) is 8.69. The largest absolute Gasteiger partial charge is 0.334 e. The van der Waals surface area contributed by atoms with E-state index in [1.807, 2.05) is 11.8 Å². The van der Waals surface area contributed by atoms with Gasteiger partial charge in [-0.1, -0.05) is 24.3 Å². The molecule has 3 heteroatoms. The number of carbonyl (C=O) groups excluding carboxylic acids is 1. The second-order valence-corrected chi connectivity index (χ2v) is 5.73. The number of nitrogens with two attached hydrogens (primary N) is 1. The van der Waals surface area contributed by atoms with E-state index in [1.54, 1.807) is 0 Å². The number of likely N-dealkylation sites (tertiary alicyclic amines) is 1. The molecule has 1 saturated heterocycles. The number of likely N-dealkylation sites (N-methyl/N-ethyl adjacent to an activating group) is 1. The van der Waals surface area contributed by atoms with Crippen molar-refractivity contribution < 1.29 is 4.79 Å². The minimum absolute atomic E-state index is 0.0672. The van der Waals surface area contributed by atoms with Crippen LogP contribution < -0.4 is 5.73 Å². The zero-order chi connectivity index (χ0) is 13.4. The van der Waals surface area contributed by atoms with Crippen LogP contribution in [0.2, 0.25) is 0 Å². The van der Waals surface area contributed by atoms with E-state index in [9.17, 15) is 4.79 Å². The molecule has 3 rings (SSSR count). The van der Waals surface area contributed by atoms with Crippen molar-refractivity contribution in [3.8, 4) is 0 Å². The van der Waals surface area contributed by atoms with Crippen LogP contribution in [-0.4, -0.2) is 23.4 Å². The van der Waals surface area contributed by atoms with Crippen molar-refractivity contribution in [2.45, 2.75) is 50.6 Å². The summed E-state index contributed by atoms with van der Waals surface area (Å²) < 4.78 is 0. The van der Waals surface area contributed by atoms with E-state index >= 15 is 0 Å². The Morgan fingerprint density at radius 1 is 1.21 bits per heavy atom. The van der Waals surface area contributed by atoms with Crippen molar-refractivity contribution in [3.05, 3.63) is 35.4 Å². The first-order valence-electron chi connectivity index (χ1n) is 7.36. The molecule has 1 saturated carbocycles. The van der Waals surface area contributed by atoms with E-state index in [2.05, 4.69) is 24.3 Å². The summed E-state index contributed by atoms with van der Waals surface area (Å²) >= 11 is 0. The molecular formula is C16H22N2O. The monoisotopic (exact) mass is 258 g/mol. The van der Waals surface area contributed by atoms with Gasteiger partial charge in [0.15, 0.2) is 0 Å². The van der Waals surface area contributed by atoms with E-state index in [0.29, 0.717) is 12.3 Å². The molecule has 1 aromatic carbocycles. The van der Waals surface area contributed by atoms with Crippen LogP contribution >= 0.6 is 0 Å². The Hall–Kier alpha value is -1.35. The van der Waals surface area contributed by atoms with Gasteiger partial charge in [0, 0.05) is 19.0 Å². The summed E-state index contributed by atoms with van der Waals surface area (Å²) in [5.41, 5.74) is 9.03. The molecule has 3 nitrogen and oxygen atoms in total. The number of amides is 1. The maximum absolute atomic E-state index is 12.1. The number of piperidine rings is 1. The molecule has 1 amide bonds. The van der Waals surface area contributed by atoms with Gasteiger partial charge in [-0.05, 0) is 43.2 Å². The minimum Gasteiger partial charge on any atom is -0.334 e. The molecule has 1 heterocycles. The highest BCUT2D eigenvalue weighted by Gasteiger charge is 2.37. The van der Waals surface area contributed by atoms with E-state index < -0.39 is 0 Å². The summed E-state index contributed by atoms with van der Waals surface area (Å²) in [6.45, 7) is 2.79. The Kier molecular flexibility index (Phi) is 3.31. The van der Waals surface area contributed by atoms with Crippen LogP contribution in [0.4, 0.5) is 0 Å². The van der Waals surface area contributed by atoms with Gasteiger partial charge in [-0.3, -0.25) is 4.79 Å². The molecule has 0 spiro atoms. The van der Waals surface area contributed by atoms with Crippen molar-refractivity contribution in [1.82, 2.24) is 4.90 Å². The van der Waals surface area contributed by atoms with Crippen LogP contribution in [0.15, 0.2) is 24.3 Å². The van der Waals surface area contributed by atoms with E-state index in [4.69, 9.17) is 5.73 Å². The lowest BCUT2D eigenvalue weighted by atomic mass is 9.87. The number of benzene rings is 1. The van der Waals surface area contributed by atoms with Crippen LogP contribution in [0.1, 0.15) is 55.7 Å². The van der Waals surface area contributed by atoms with Gasteiger partial charge >= 0.3 is 0 Å². The summed E-state index contributed by atoms with van der Waals surface area (Å²) in [4.78, 5) is 14.1. The van der Waals surface area contributed by atoms with Crippen molar-refractivity contribution >= 4 is 5.91 Å². The molecule has 2 fully saturated rings. The lowest BCUT2D eigenvalue weighted by Crippen LogP contribution is -2.48. The highest BCUT2D eigenvalue weighted by atomic mass is 16.2. The summed E-state index contributed by atoms with van der Waals surface area (Å²) in [5, 5.41) is 0. The van der Waals surface area contributed by atoms with Gasteiger partial charge in [-0.25, -0.2) is 0 Å². The minimum atomic E-state index is 0.0672. The molecule has 2 aliphatic rings. The van der Waals surface area contributed by atoms with Crippen molar-refractivity contribution in [2.24, 2.45) is 5.73 Å². The standard InChI is InChI=1S/C16H22N2O/c1-2-18-15(19)10-9-14(17)16(18)13-6-4-3-5-12(13)11-7-8-11/h3-6,11,14,16H,2,7-10,17H2,1H3. The van der Waals surface area contributed by atoms with E-state index in [1.165, 1.54) is 24.0 Å². The van der Waals surface area contributed by atoms with Gasteiger partial charge < -0.3 is 10.6 Å². The van der Waals surface area contributed by atoms with Gasteiger partial charge in [-0.15, -0.1) is 0 Å². The fourth-order valence-electron chi connectivity index (χ4n) is 3.30. The maximum atomic E-state index is 12.1. The smallest absolute Gasteiger partial charge is 0.223 e. The number of hydrogen-bond acceptors (Lipinski definition) is 2. The maximum Gasteiger partial charge on any atom is 0.223 e. The normalized spacial score (nSPS) is 27.7. The second kappa shape index (κ2) is 4.97. The Bertz CT molecular complexity index is 481. The molecule has 102 valence electrons. The van der Waals surface area contributed by atoms with E-state index in [-0.39, 0.29) is 18.0 Å². The number of carbonyl (C=O) groups is 1. The molecule has 1 aliphatic carbocycles. The van der Waals surface area contributed by atoms with Crippen LogP contribution in [0.5, 0.6) is 0 Å². The first-order chi connectivity index (χ1) is 9.22. The number of hydrogen-bond donors (Lipinski definition) is 1. The predicted molar refractivity (Wildman–Crippen MR) is 75.8 cm³/mol. The first-order valence-corrected chi connectivity index (χ1v) is 7.36. The van der Waals surface area contributed by atoms with Crippen LogP contribution in [0.3, 0.4) is 0 Å². The van der Waals surface area contributed by atoms with Gasteiger partial charge in [-0.2, -0.15) is 0 Å². The molecule has 1 aromatic rings. The van der Waals surface area contributed by atoms with Gasteiger partial charge in [0.25, 0.3) is 0 Å². The zero-order valence-corrected chi connectivity index (χ0v) is 11.5.